The van der Waals surface area contributed by atoms with Crippen molar-refractivity contribution in [3.63, 3.8) is 0 Å². The summed E-state index contributed by atoms with van der Waals surface area (Å²) in [7, 11) is 1.72. The van der Waals surface area contributed by atoms with Crippen LogP contribution in [0.25, 0.3) is 0 Å². The maximum absolute atomic E-state index is 8.87. The highest BCUT2D eigenvalue weighted by Gasteiger charge is 2.29. The van der Waals surface area contributed by atoms with Gasteiger partial charge in [0, 0.05) is 13.7 Å². The Bertz CT molecular complexity index is 207. The van der Waals surface area contributed by atoms with Gasteiger partial charge in [0.25, 0.3) is 0 Å². The zero-order chi connectivity index (χ0) is 9.90. The zero-order valence-corrected chi connectivity index (χ0v) is 8.71. The fraction of sp³-hybridized carbons (Fsp3) is 0.900. The summed E-state index contributed by atoms with van der Waals surface area (Å²) in [5, 5.41) is 8.87. The predicted octanol–water partition coefficient (Wildman–Crippen LogP) is 1.40. The predicted molar refractivity (Wildman–Crippen MR) is 51.3 cm³/mol. The lowest BCUT2D eigenvalue weighted by Gasteiger charge is -2.30. The average Bonchev–Trinajstić information content (AvgIpc) is 2.51. The number of nitrogens with zero attached hydrogens (tertiary/aromatic N) is 2. The molecular formula is C10H18N2O. The van der Waals surface area contributed by atoms with Gasteiger partial charge in [0.1, 0.15) is 0 Å². The minimum absolute atomic E-state index is 0.106. The summed E-state index contributed by atoms with van der Waals surface area (Å²) < 4.78 is 5.34. The van der Waals surface area contributed by atoms with Crippen molar-refractivity contribution in [2.75, 3.05) is 20.2 Å². The van der Waals surface area contributed by atoms with E-state index in [9.17, 15) is 0 Å². The Morgan fingerprint density at radius 2 is 2.31 bits per heavy atom. The second kappa shape index (κ2) is 4.08. The van der Waals surface area contributed by atoms with Crippen LogP contribution in [-0.2, 0) is 4.74 Å². The summed E-state index contributed by atoms with van der Waals surface area (Å²) in [5.41, 5.74) is -0.139. The Morgan fingerprint density at radius 1 is 1.62 bits per heavy atom. The minimum Gasteiger partial charge on any atom is -0.377 e. The maximum Gasteiger partial charge on any atom is 0.0979 e. The Labute approximate surface area is 80.3 Å². The fourth-order valence-electron chi connectivity index (χ4n) is 1.72. The highest BCUT2D eigenvalue weighted by atomic mass is 16.5. The first kappa shape index (κ1) is 10.5. The summed E-state index contributed by atoms with van der Waals surface area (Å²) in [4.78, 5) is 2.21. The second-order valence-electron chi connectivity index (χ2n) is 4.22. The standard InChI is InChI=1S/C10H18N2O/c1-10(2,13-3)8-12-6-4-5-9(12)7-11/h9H,4-6,8H2,1-3H3. The SMILES string of the molecule is COC(C)(C)CN1CCCC1C#N. The summed E-state index contributed by atoms with van der Waals surface area (Å²) in [6, 6.07) is 2.44. The van der Waals surface area contributed by atoms with Gasteiger partial charge >= 0.3 is 0 Å². The van der Waals surface area contributed by atoms with E-state index in [-0.39, 0.29) is 11.6 Å². The third-order valence-corrected chi connectivity index (χ3v) is 2.65. The lowest BCUT2D eigenvalue weighted by molar-refractivity contribution is -0.00656. The number of methoxy groups -OCH3 is 1. The van der Waals surface area contributed by atoms with Crippen LogP contribution in [-0.4, -0.2) is 36.7 Å². The topological polar surface area (TPSA) is 36.3 Å². The molecule has 0 aromatic rings. The molecule has 1 rings (SSSR count). The number of ether oxygens (including phenoxy) is 1. The molecule has 3 nitrogen and oxygen atoms in total. The number of hydrogen-bond acceptors (Lipinski definition) is 3. The second-order valence-corrected chi connectivity index (χ2v) is 4.22. The van der Waals surface area contributed by atoms with Gasteiger partial charge in [-0.25, -0.2) is 0 Å². The van der Waals surface area contributed by atoms with Crippen molar-refractivity contribution >= 4 is 0 Å². The van der Waals surface area contributed by atoms with Crippen molar-refractivity contribution in [1.29, 1.82) is 5.26 Å². The maximum atomic E-state index is 8.87. The molecule has 1 aliphatic heterocycles. The quantitative estimate of drug-likeness (QED) is 0.662. The van der Waals surface area contributed by atoms with E-state index in [1.54, 1.807) is 7.11 Å². The van der Waals surface area contributed by atoms with Gasteiger partial charge in [-0.05, 0) is 33.2 Å². The summed E-state index contributed by atoms with van der Waals surface area (Å²) in [5.74, 6) is 0. The summed E-state index contributed by atoms with van der Waals surface area (Å²) in [6.07, 6.45) is 2.15. The van der Waals surface area contributed by atoms with Crippen LogP contribution >= 0.6 is 0 Å². The number of rotatable bonds is 3. The normalized spacial score (nSPS) is 24.6. The molecule has 74 valence electrons. The van der Waals surface area contributed by atoms with Gasteiger partial charge in [0.05, 0.1) is 17.7 Å². The minimum atomic E-state index is -0.139. The van der Waals surface area contributed by atoms with Crippen LogP contribution in [0.3, 0.4) is 0 Å². The van der Waals surface area contributed by atoms with Crippen LogP contribution in [0.5, 0.6) is 0 Å². The van der Waals surface area contributed by atoms with Crippen molar-refractivity contribution in [2.24, 2.45) is 0 Å². The van der Waals surface area contributed by atoms with Crippen LogP contribution in [0.4, 0.5) is 0 Å². The van der Waals surface area contributed by atoms with E-state index in [4.69, 9.17) is 10.00 Å². The number of hydrogen-bond donors (Lipinski definition) is 0. The smallest absolute Gasteiger partial charge is 0.0979 e. The summed E-state index contributed by atoms with van der Waals surface area (Å²) >= 11 is 0. The Kier molecular flexibility index (Phi) is 3.29. The van der Waals surface area contributed by atoms with Crippen LogP contribution in [0, 0.1) is 11.3 Å². The van der Waals surface area contributed by atoms with E-state index in [0.29, 0.717) is 0 Å². The highest BCUT2D eigenvalue weighted by molar-refractivity contribution is 4.97. The molecule has 0 amide bonds. The van der Waals surface area contributed by atoms with Gasteiger partial charge in [0.2, 0.25) is 0 Å². The monoisotopic (exact) mass is 182 g/mol. The van der Waals surface area contributed by atoms with E-state index in [1.807, 2.05) is 0 Å². The number of nitriles is 1. The fourth-order valence-corrected chi connectivity index (χ4v) is 1.72. The molecule has 1 saturated heterocycles. The molecule has 0 aromatic heterocycles. The lowest BCUT2D eigenvalue weighted by Crippen LogP contribution is -2.42. The lowest BCUT2D eigenvalue weighted by atomic mass is 10.1. The van der Waals surface area contributed by atoms with Gasteiger partial charge in [-0.3, -0.25) is 4.90 Å². The van der Waals surface area contributed by atoms with Crippen molar-refractivity contribution in [1.82, 2.24) is 4.90 Å². The molecule has 0 saturated carbocycles. The third kappa shape index (κ3) is 2.68. The molecule has 1 unspecified atom stereocenters. The van der Waals surface area contributed by atoms with E-state index in [1.165, 1.54) is 0 Å². The third-order valence-electron chi connectivity index (χ3n) is 2.65. The van der Waals surface area contributed by atoms with E-state index in [2.05, 4.69) is 24.8 Å². The molecule has 1 heterocycles. The van der Waals surface area contributed by atoms with Gasteiger partial charge in [-0.15, -0.1) is 0 Å². The molecule has 1 fully saturated rings. The van der Waals surface area contributed by atoms with Gasteiger partial charge in [0.15, 0.2) is 0 Å². The molecule has 1 aliphatic rings. The van der Waals surface area contributed by atoms with E-state index in [0.717, 1.165) is 25.9 Å². The first-order valence-corrected chi connectivity index (χ1v) is 4.78. The van der Waals surface area contributed by atoms with Crippen LogP contribution < -0.4 is 0 Å². The van der Waals surface area contributed by atoms with Crippen molar-refractivity contribution in [3.8, 4) is 6.07 Å². The Hall–Kier alpha value is -0.590. The van der Waals surface area contributed by atoms with Crippen LogP contribution in [0.2, 0.25) is 0 Å². The number of likely N-dealkylation sites (tertiary alicyclic amines) is 1. The van der Waals surface area contributed by atoms with E-state index < -0.39 is 0 Å². The average molecular weight is 182 g/mol. The largest absolute Gasteiger partial charge is 0.377 e. The Balaban J connectivity index is 2.49. The van der Waals surface area contributed by atoms with Crippen LogP contribution in [0.1, 0.15) is 26.7 Å². The summed E-state index contributed by atoms with van der Waals surface area (Å²) in [6.45, 7) is 5.99. The van der Waals surface area contributed by atoms with E-state index >= 15 is 0 Å². The molecule has 1 atom stereocenters. The molecular weight excluding hydrogens is 164 g/mol. The molecule has 13 heavy (non-hydrogen) atoms. The Morgan fingerprint density at radius 3 is 2.85 bits per heavy atom. The molecule has 0 spiro atoms. The van der Waals surface area contributed by atoms with Gasteiger partial charge in [-0.1, -0.05) is 0 Å². The molecule has 3 heteroatoms. The zero-order valence-electron chi connectivity index (χ0n) is 8.71. The van der Waals surface area contributed by atoms with Crippen molar-refractivity contribution < 1.29 is 4.74 Å². The highest BCUT2D eigenvalue weighted by Crippen LogP contribution is 2.20. The molecule has 0 radical (unpaired) electrons. The van der Waals surface area contributed by atoms with Crippen LogP contribution in [0.15, 0.2) is 0 Å². The van der Waals surface area contributed by atoms with Crippen molar-refractivity contribution in [3.05, 3.63) is 0 Å². The molecule has 0 N–H and O–H groups in total. The van der Waals surface area contributed by atoms with Gasteiger partial charge in [-0.2, -0.15) is 5.26 Å². The first-order chi connectivity index (χ1) is 6.09. The molecule has 0 bridgehead atoms. The first-order valence-electron chi connectivity index (χ1n) is 4.78. The molecule has 0 aromatic carbocycles. The molecule has 0 aliphatic carbocycles. The van der Waals surface area contributed by atoms with Crippen molar-refractivity contribution in [2.45, 2.75) is 38.3 Å². The van der Waals surface area contributed by atoms with Gasteiger partial charge < -0.3 is 4.74 Å².